The number of para-hydroxylation sites is 1. The summed E-state index contributed by atoms with van der Waals surface area (Å²) in [4.78, 5) is 14.9. The Morgan fingerprint density at radius 3 is 1.73 bits per heavy atom. The molecule has 0 aliphatic heterocycles. The van der Waals surface area contributed by atoms with Gasteiger partial charge in [0.25, 0.3) is 0 Å². The summed E-state index contributed by atoms with van der Waals surface area (Å²) in [5, 5.41) is 5.08. The van der Waals surface area contributed by atoms with Crippen molar-refractivity contribution in [3.63, 3.8) is 0 Å². The number of benzene rings is 6. The van der Waals surface area contributed by atoms with Crippen LogP contribution in [0.2, 0.25) is 0 Å². The zero-order valence-corrected chi connectivity index (χ0v) is 24.4. The van der Waals surface area contributed by atoms with Crippen LogP contribution in [0.5, 0.6) is 0 Å². The predicted molar refractivity (Wildman–Crippen MR) is 183 cm³/mol. The van der Waals surface area contributed by atoms with Crippen molar-refractivity contribution in [3.8, 4) is 39.9 Å². The van der Waals surface area contributed by atoms with Crippen LogP contribution in [0.4, 0.5) is 0 Å². The van der Waals surface area contributed by atoms with Crippen molar-refractivity contribution in [2.45, 2.75) is 0 Å². The Labute approximate surface area is 257 Å². The van der Waals surface area contributed by atoms with Crippen LogP contribution in [0.25, 0.3) is 81.8 Å². The van der Waals surface area contributed by atoms with Crippen LogP contribution in [-0.4, -0.2) is 19.5 Å². The van der Waals surface area contributed by atoms with Gasteiger partial charge in [0.2, 0.25) is 0 Å². The number of nitrogens with zero attached hydrogens (tertiary/aromatic N) is 4. The molecule has 0 amide bonds. The molecule has 0 unspecified atom stereocenters. The number of hydrogen-bond acceptors (Lipinski definition) is 4. The maximum atomic E-state index is 5.00. The molecule has 44 heavy (non-hydrogen) atoms. The minimum Gasteiger partial charge on any atom is -0.308 e. The van der Waals surface area contributed by atoms with Crippen molar-refractivity contribution >= 4 is 53.3 Å². The molecule has 0 aliphatic carbocycles. The zero-order valence-electron chi connectivity index (χ0n) is 23.6. The zero-order chi connectivity index (χ0) is 29.0. The first-order chi connectivity index (χ1) is 21.8. The average molecular weight is 581 g/mol. The quantitative estimate of drug-likeness (QED) is 0.208. The molecule has 0 atom stereocenters. The van der Waals surface area contributed by atoms with E-state index in [1.165, 1.54) is 42.0 Å². The van der Waals surface area contributed by atoms with E-state index in [0.29, 0.717) is 17.5 Å². The van der Waals surface area contributed by atoms with Gasteiger partial charge in [-0.05, 0) is 24.3 Å². The molecule has 5 heteroatoms. The minimum absolute atomic E-state index is 0.646. The Balaban J connectivity index is 1.30. The fourth-order valence-corrected chi connectivity index (χ4v) is 7.46. The first kappa shape index (κ1) is 24.9. The Morgan fingerprint density at radius 2 is 1.00 bits per heavy atom. The van der Waals surface area contributed by atoms with Crippen molar-refractivity contribution in [1.82, 2.24) is 19.5 Å². The maximum absolute atomic E-state index is 5.00. The molecule has 0 spiro atoms. The van der Waals surface area contributed by atoms with E-state index in [-0.39, 0.29) is 0 Å². The van der Waals surface area contributed by atoms with E-state index in [9.17, 15) is 0 Å². The van der Waals surface area contributed by atoms with Gasteiger partial charge >= 0.3 is 0 Å². The molecule has 206 valence electrons. The average Bonchev–Trinajstić information content (AvgIpc) is 3.65. The molecule has 3 aromatic heterocycles. The van der Waals surface area contributed by atoms with Gasteiger partial charge in [0, 0.05) is 48.6 Å². The lowest BCUT2D eigenvalue weighted by atomic mass is 10.1. The molecule has 0 radical (unpaired) electrons. The predicted octanol–water partition coefficient (Wildman–Crippen LogP) is 10.3. The Bertz CT molecular complexity index is 2440. The minimum atomic E-state index is 0.646. The number of fused-ring (bicyclic) bond motifs is 7. The van der Waals surface area contributed by atoms with Crippen molar-refractivity contribution in [2.75, 3.05) is 0 Å². The van der Waals surface area contributed by atoms with E-state index in [1.54, 1.807) is 0 Å². The first-order valence-corrected chi connectivity index (χ1v) is 15.4. The fourth-order valence-electron chi connectivity index (χ4n) is 6.22. The molecular weight excluding hydrogens is 557 g/mol. The molecule has 0 saturated heterocycles. The van der Waals surface area contributed by atoms with E-state index < -0.39 is 0 Å². The highest BCUT2D eigenvalue weighted by atomic mass is 32.1. The smallest absolute Gasteiger partial charge is 0.164 e. The van der Waals surface area contributed by atoms with Gasteiger partial charge in [-0.1, -0.05) is 121 Å². The topological polar surface area (TPSA) is 43.6 Å². The highest BCUT2D eigenvalue weighted by Crippen LogP contribution is 2.43. The van der Waals surface area contributed by atoms with Crippen LogP contribution in [0.1, 0.15) is 0 Å². The van der Waals surface area contributed by atoms with Crippen molar-refractivity contribution in [2.24, 2.45) is 0 Å². The number of rotatable bonds is 4. The van der Waals surface area contributed by atoms with Crippen LogP contribution in [0.3, 0.4) is 0 Å². The normalized spacial score (nSPS) is 11.6. The SMILES string of the molecule is c1ccc(-c2nc(-c3ccccc3)nc(-c3cccc(-n4c5ccccc5c5ccc6c7ccccc7sc6c54)c3)n2)cc1. The van der Waals surface area contributed by atoms with Crippen molar-refractivity contribution in [1.29, 1.82) is 0 Å². The number of aromatic nitrogens is 4. The summed E-state index contributed by atoms with van der Waals surface area (Å²) >= 11 is 1.86. The second-order valence-corrected chi connectivity index (χ2v) is 11.9. The van der Waals surface area contributed by atoms with Gasteiger partial charge in [0.05, 0.1) is 15.7 Å². The summed E-state index contributed by atoms with van der Waals surface area (Å²) < 4.78 is 5.00. The standard InChI is InChI=1S/C39H24N4S/c1-3-12-25(13-4-1)37-40-38(26-14-5-2-6-15-26)42-39(41-37)27-16-11-17-28(24-27)43-33-20-9-7-18-29(33)31-22-23-32-30-19-8-10-21-34(30)44-36(32)35(31)43/h1-24H. The number of hydrogen-bond donors (Lipinski definition) is 0. The van der Waals surface area contributed by atoms with Crippen LogP contribution in [0.15, 0.2) is 146 Å². The molecule has 9 rings (SSSR count). The van der Waals surface area contributed by atoms with Crippen LogP contribution in [-0.2, 0) is 0 Å². The lowest BCUT2D eigenvalue weighted by molar-refractivity contribution is 1.07. The van der Waals surface area contributed by atoms with Crippen molar-refractivity contribution in [3.05, 3.63) is 146 Å². The molecule has 0 N–H and O–H groups in total. The fraction of sp³-hybridized carbons (Fsp3) is 0. The summed E-state index contributed by atoms with van der Waals surface area (Å²) in [6, 6.07) is 50.7. The molecular formula is C39H24N4S. The lowest BCUT2D eigenvalue weighted by Crippen LogP contribution is -2.01. The molecule has 9 aromatic rings. The Hall–Kier alpha value is -5.65. The van der Waals surface area contributed by atoms with Gasteiger partial charge in [0.1, 0.15) is 0 Å². The molecule has 4 nitrogen and oxygen atoms in total. The second kappa shape index (κ2) is 9.97. The molecule has 6 aromatic carbocycles. The molecule has 0 bridgehead atoms. The third kappa shape index (κ3) is 3.94. The summed E-state index contributed by atoms with van der Waals surface area (Å²) in [5.41, 5.74) is 6.33. The Morgan fingerprint density at radius 1 is 0.432 bits per heavy atom. The summed E-state index contributed by atoms with van der Waals surface area (Å²) in [6.45, 7) is 0. The third-order valence-electron chi connectivity index (χ3n) is 8.24. The summed E-state index contributed by atoms with van der Waals surface area (Å²) in [7, 11) is 0. The van der Waals surface area contributed by atoms with E-state index >= 15 is 0 Å². The van der Waals surface area contributed by atoms with E-state index in [1.807, 2.05) is 72.0 Å². The summed E-state index contributed by atoms with van der Waals surface area (Å²) in [5.74, 6) is 1.96. The van der Waals surface area contributed by atoms with Gasteiger partial charge in [0.15, 0.2) is 17.5 Å². The summed E-state index contributed by atoms with van der Waals surface area (Å²) in [6.07, 6.45) is 0. The van der Waals surface area contributed by atoms with Crippen LogP contribution < -0.4 is 0 Å². The first-order valence-electron chi connectivity index (χ1n) is 14.6. The van der Waals surface area contributed by atoms with Gasteiger partial charge in [-0.15, -0.1) is 11.3 Å². The molecule has 3 heterocycles. The number of thiophene rings is 1. The molecule has 0 saturated carbocycles. The van der Waals surface area contributed by atoms with Gasteiger partial charge in [-0.2, -0.15) is 0 Å². The van der Waals surface area contributed by atoms with Crippen LogP contribution in [0, 0.1) is 0 Å². The Kier molecular flexibility index (Phi) is 5.64. The van der Waals surface area contributed by atoms with Crippen LogP contribution >= 0.6 is 11.3 Å². The van der Waals surface area contributed by atoms with Gasteiger partial charge < -0.3 is 4.57 Å². The largest absolute Gasteiger partial charge is 0.308 e. The maximum Gasteiger partial charge on any atom is 0.164 e. The van der Waals surface area contributed by atoms with Crippen molar-refractivity contribution < 1.29 is 0 Å². The van der Waals surface area contributed by atoms with Gasteiger partial charge in [-0.25, -0.2) is 15.0 Å². The monoisotopic (exact) mass is 580 g/mol. The van der Waals surface area contributed by atoms with Gasteiger partial charge in [-0.3, -0.25) is 0 Å². The molecule has 0 aliphatic rings. The van der Waals surface area contributed by atoms with E-state index in [4.69, 9.17) is 15.0 Å². The highest BCUT2D eigenvalue weighted by molar-refractivity contribution is 7.26. The lowest BCUT2D eigenvalue weighted by Gasteiger charge is -2.12. The highest BCUT2D eigenvalue weighted by Gasteiger charge is 2.19. The van der Waals surface area contributed by atoms with E-state index in [2.05, 4.69) is 89.5 Å². The second-order valence-electron chi connectivity index (χ2n) is 10.9. The molecule has 0 fully saturated rings. The third-order valence-corrected chi connectivity index (χ3v) is 9.43. The van der Waals surface area contributed by atoms with E-state index in [0.717, 1.165) is 22.4 Å².